The van der Waals surface area contributed by atoms with Gasteiger partial charge in [-0.3, -0.25) is 9.69 Å². The number of carbonyl (C=O) groups is 1. The summed E-state index contributed by atoms with van der Waals surface area (Å²) < 4.78 is 36.9. The van der Waals surface area contributed by atoms with Gasteiger partial charge < -0.3 is 9.15 Å². The van der Waals surface area contributed by atoms with Crippen LogP contribution >= 0.6 is 11.3 Å². The highest BCUT2D eigenvalue weighted by Crippen LogP contribution is 2.37. The molecule has 9 heteroatoms. The lowest BCUT2D eigenvalue weighted by atomic mass is 10.2. The van der Waals surface area contributed by atoms with Crippen LogP contribution in [0.5, 0.6) is 5.75 Å². The molecule has 0 aliphatic carbocycles. The molecule has 0 fully saturated rings. The molecule has 1 amide bonds. The second-order valence-corrected chi connectivity index (χ2v) is 11.2. The Hall–Kier alpha value is -3.17. The summed E-state index contributed by atoms with van der Waals surface area (Å²) in [6.07, 6.45) is 1.87. The molecule has 0 aliphatic rings. The first-order valence-corrected chi connectivity index (χ1v) is 13.5. The molecular formula is C25H26N2O5S2. The Morgan fingerprint density at radius 2 is 1.91 bits per heavy atom. The van der Waals surface area contributed by atoms with E-state index < -0.39 is 9.84 Å². The van der Waals surface area contributed by atoms with Gasteiger partial charge in [-0.1, -0.05) is 47.7 Å². The number of benzene rings is 2. The topological polar surface area (TPSA) is 89.7 Å². The molecule has 0 atom stereocenters. The van der Waals surface area contributed by atoms with Crippen LogP contribution in [0.25, 0.3) is 10.2 Å². The second-order valence-electron chi connectivity index (χ2n) is 8.00. The smallest absolute Gasteiger partial charge is 0.229 e. The number of rotatable bonds is 10. The molecule has 178 valence electrons. The van der Waals surface area contributed by atoms with Gasteiger partial charge in [0, 0.05) is 6.42 Å². The van der Waals surface area contributed by atoms with E-state index in [2.05, 4.69) is 0 Å². The number of thiazole rings is 1. The van der Waals surface area contributed by atoms with Gasteiger partial charge in [0.05, 0.1) is 36.1 Å². The normalized spacial score (nSPS) is 11.6. The lowest BCUT2D eigenvalue weighted by molar-refractivity contribution is -0.118. The molecular weight excluding hydrogens is 472 g/mol. The number of aryl methyl sites for hydroxylation is 1. The molecule has 2 heterocycles. The first-order chi connectivity index (χ1) is 16.4. The van der Waals surface area contributed by atoms with Crippen molar-refractivity contribution in [1.29, 1.82) is 0 Å². The van der Waals surface area contributed by atoms with E-state index in [-0.39, 0.29) is 36.8 Å². The monoisotopic (exact) mass is 498 g/mol. The highest BCUT2D eigenvalue weighted by Gasteiger charge is 2.23. The maximum Gasteiger partial charge on any atom is 0.229 e. The summed E-state index contributed by atoms with van der Waals surface area (Å²) >= 11 is 1.41. The third kappa shape index (κ3) is 5.66. The van der Waals surface area contributed by atoms with Crippen LogP contribution in [0.4, 0.5) is 5.13 Å². The maximum absolute atomic E-state index is 13.3. The molecule has 0 aliphatic heterocycles. The second kappa shape index (κ2) is 10.4. The highest BCUT2D eigenvalue weighted by atomic mass is 32.2. The summed E-state index contributed by atoms with van der Waals surface area (Å²) in [5.74, 6) is 0.958. The van der Waals surface area contributed by atoms with Crippen LogP contribution in [0.2, 0.25) is 0 Å². The van der Waals surface area contributed by atoms with Gasteiger partial charge in [0.1, 0.15) is 17.0 Å². The minimum Gasteiger partial charge on any atom is -0.494 e. The number of furan rings is 1. The first kappa shape index (κ1) is 24.0. The summed E-state index contributed by atoms with van der Waals surface area (Å²) in [4.78, 5) is 19.5. The highest BCUT2D eigenvalue weighted by molar-refractivity contribution is 7.90. The number of hydrogen-bond acceptors (Lipinski definition) is 7. The van der Waals surface area contributed by atoms with E-state index in [1.54, 1.807) is 42.5 Å². The zero-order chi connectivity index (χ0) is 24.1. The Morgan fingerprint density at radius 3 is 2.62 bits per heavy atom. The minimum atomic E-state index is -3.32. The Bertz CT molecular complexity index is 1360. The maximum atomic E-state index is 13.3. The van der Waals surface area contributed by atoms with E-state index in [1.165, 1.54) is 11.3 Å². The van der Waals surface area contributed by atoms with E-state index in [0.717, 1.165) is 15.8 Å². The van der Waals surface area contributed by atoms with Crippen LogP contribution in [-0.2, 0) is 26.9 Å². The van der Waals surface area contributed by atoms with Crippen molar-refractivity contribution in [3.63, 3.8) is 0 Å². The molecule has 2 aromatic carbocycles. The van der Waals surface area contributed by atoms with Crippen molar-refractivity contribution in [1.82, 2.24) is 4.98 Å². The zero-order valence-electron chi connectivity index (χ0n) is 19.1. The quantitative estimate of drug-likeness (QED) is 0.301. The Morgan fingerprint density at radius 1 is 1.12 bits per heavy atom. The standard InChI is InChI=1S/C25H26N2O5S2/c1-18-12-13-21(31-2)23-24(18)33-25(26-23)27(16-20-10-6-14-32-20)22(28)11-7-15-34(29,30)17-19-8-4-3-5-9-19/h3-6,8-10,12-14H,7,11,15-17H2,1-2H3. The number of amides is 1. The molecule has 0 unspecified atom stereocenters. The molecule has 4 aromatic rings. The number of sulfone groups is 1. The molecule has 0 saturated heterocycles. The average molecular weight is 499 g/mol. The van der Waals surface area contributed by atoms with E-state index in [1.807, 2.05) is 37.3 Å². The van der Waals surface area contributed by atoms with Crippen molar-refractivity contribution in [2.75, 3.05) is 17.8 Å². The van der Waals surface area contributed by atoms with Gasteiger partial charge in [-0.2, -0.15) is 0 Å². The van der Waals surface area contributed by atoms with E-state index in [0.29, 0.717) is 22.2 Å². The van der Waals surface area contributed by atoms with Gasteiger partial charge in [-0.15, -0.1) is 0 Å². The number of anilines is 1. The average Bonchev–Trinajstić information content (AvgIpc) is 3.48. The molecule has 34 heavy (non-hydrogen) atoms. The van der Waals surface area contributed by atoms with Crippen molar-refractivity contribution in [2.45, 2.75) is 32.1 Å². The molecule has 0 radical (unpaired) electrons. The van der Waals surface area contributed by atoms with Crippen molar-refractivity contribution in [3.8, 4) is 5.75 Å². The minimum absolute atomic E-state index is 0.0327. The number of aromatic nitrogens is 1. The number of fused-ring (bicyclic) bond motifs is 1. The van der Waals surface area contributed by atoms with Crippen molar-refractivity contribution >= 4 is 42.4 Å². The summed E-state index contributed by atoms with van der Waals surface area (Å²) in [5.41, 5.74) is 2.48. The van der Waals surface area contributed by atoms with Crippen LogP contribution in [0.15, 0.2) is 65.3 Å². The Labute approximate surface area is 202 Å². The van der Waals surface area contributed by atoms with Gasteiger partial charge in [0.2, 0.25) is 5.91 Å². The molecule has 4 rings (SSSR count). The lowest BCUT2D eigenvalue weighted by Gasteiger charge is -2.18. The van der Waals surface area contributed by atoms with Crippen molar-refractivity contribution in [2.24, 2.45) is 0 Å². The number of hydrogen-bond donors (Lipinski definition) is 0. The molecule has 0 saturated carbocycles. The zero-order valence-corrected chi connectivity index (χ0v) is 20.7. The molecule has 2 aromatic heterocycles. The summed E-state index contributed by atoms with van der Waals surface area (Å²) in [6.45, 7) is 2.20. The SMILES string of the molecule is COc1ccc(C)c2sc(N(Cc3ccco3)C(=O)CCCS(=O)(=O)Cc3ccccc3)nc12. The number of carbonyl (C=O) groups excluding carboxylic acids is 1. The molecule has 0 N–H and O–H groups in total. The third-order valence-corrected chi connectivity index (χ3v) is 8.31. The summed E-state index contributed by atoms with van der Waals surface area (Å²) in [6, 6.07) is 16.4. The molecule has 7 nitrogen and oxygen atoms in total. The van der Waals surface area contributed by atoms with Crippen LogP contribution in [0, 0.1) is 6.92 Å². The van der Waals surface area contributed by atoms with Gasteiger partial charge in [0.15, 0.2) is 15.0 Å². The van der Waals surface area contributed by atoms with Gasteiger partial charge >= 0.3 is 0 Å². The fourth-order valence-corrected chi connectivity index (χ4v) is 6.17. The van der Waals surface area contributed by atoms with Gasteiger partial charge in [-0.05, 0) is 42.7 Å². The van der Waals surface area contributed by atoms with Gasteiger partial charge in [0.25, 0.3) is 0 Å². The predicted molar refractivity (Wildman–Crippen MR) is 134 cm³/mol. The fourth-order valence-electron chi connectivity index (χ4n) is 3.68. The number of nitrogens with zero attached hydrogens (tertiary/aromatic N) is 2. The van der Waals surface area contributed by atoms with Crippen molar-refractivity contribution < 1.29 is 22.4 Å². The number of ether oxygens (including phenoxy) is 1. The van der Waals surface area contributed by atoms with Crippen LogP contribution in [-0.4, -0.2) is 32.2 Å². The van der Waals surface area contributed by atoms with E-state index >= 15 is 0 Å². The van der Waals surface area contributed by atoms with Crippen molar-refractivity contribution in [3.05, 3.63) is 77.7 Å². The fraction of sp³-hybridized carbons (Fsp3) is 0.280. The first-order valence-electron chi connectivity index (χ1n) is 10.9. The molecule has 0 spiro atoms. The number of methoxy groups -OCH3 is 1. The van der Waals surface area contributed by atoms with Crippen LogP contribution in [0.3, 0.4) is 0 Å². The summed E-state index contributed by atoms with van der Waals surface area (Å²) in [5, 5.41) is 0.524. The third-order valence-electron chi connectivity index (χ3n) is 5.41. The van der Waals surface area contributed by atoms with Gasteiger partial charge in [-0.25, -0.2) is 13.4 Å². The van der Waals surface area contributed by atoms with E-state index in [9.17, 15) is 13.2 Å². The van der Waals surface area contributed by atoms with Crippen LogP contribution in [0.1, 0.15) is 29.7 Å². The van der Waals surface area contributed by atoms with Crippen LogP contribution < -0.4 is 9.64 Å². The van der Waals surface area contributed by atoms with E-state index in [4.69, 9.17) is 14.1 Å². The summed E-state index contributed by atoms with van der Waals surface area (Å²) in [7, 11) is -1.74. The Kier molecular flexibility index (Phi) is 7.33. The largest absolute Gasteiger partial charge is 0.494 e. The predicted octanol–water partition coefficient (Wildman–Crippen LogP) is 5.13. The molecule has 0 bridgehead atoms. The Balaban J connectivity index is 1.51. The lowest BCUT2D eigenvalue weighted by Crippen LogP contribution is -2.30.